The third-order valence-corrected chi connectivity index (χ3v) is 5.80. The number of carbonyl (C=O) groups is 2. The van der Waals surface area contributed by atoms with Gasteiger partial charge in [0.2, 0.25) is 5.91 Å². The van der Waals surface area contributed by atoms with Crippen LogP contribution in [-0.2, 0) is 11.3 Å². The number of likely N-dealkylation sites (tertiary alicyclic amines) is 1. The number of benzene rings is 1. The second kappa shape index (κ2) is 7.21. The van der Waals surface area contributed by atoms with E-state index < -0.39 is 29.6 Å². The topological polar surface area (TPSA) is 106 Å². The van der Waals surface area contributed by atoms with Crippen LogP contribution in [0.4, 0.5) is 19.0 Å². The van der Waals surface area contributed by atoms with Crippen LogP contribution in [0.1, 0.15) is 28.4 Å². The maximum absolute atomic E-state index is 14.0. The molecule has 0 bridgehead atoms. The van der Waals surface area contributed by atoms with Gasteiger partial charge in [-0.1, -0.05) is 18.2 Å². The van der Waals surface area contributed by atoms with Crippen LogP contribution in [-0.4, -0.2) is 56.5 Å². The van der Waals surface area contributed by atoms with E-state index >= 15 is 0 Å². The van der Waals surface area contributed by atoms with Crippen LogP contribution in [0.3, 0.4) is 0 Å². The third kappa shape index (κ3) is 3.53. The number of fused-ring (bicyclic) bond motifs is 1. The third-order valence-electron chi connectivity index (χ3n) is 5.80. The number of rotatable bonds is 5. The molecule has 1 aliphatic carbocycles. The second-order valence-corrected chi connectivity index (χ2v) is 8.14. The number of nitrogens with zero attached hydrogens (tertiary/aromatic N) is 4. The van der Waals surface area contributed by atoms with Crippen LogP contribution in [0.5, 0.6) is 0 Å². The minimum atomic E-state index is -2.84. The van der Waals surface area contributed by atoms with Crippen molar-refractivity contribution in [2.75, 3.05) is 18.8 Å². The molecule has 0 radical (unpaired) electrons. The summed E-state index contributed by atoms with van der Waals surface area (Å²) in [4.78, 5) is 29.9. The van der Waals surface area contributed by atoms with Gasteiger partial charge in [0.1, 0.15) is 12.4 Å². The number of aromatic nitrogens is 3. The molecule has 32 heavy (non-hydrogen) atoms. The summed E-state index contributed by atoms with van der Waals surface area (Å²) in [6.07, 6.45) is 0.567. The zero-order valence-electron chi connectivity index (χ0n) is 16.8. The molecule has 2 aliphatic rings. The molecule has 1 saturated heterocycles. The van der Waals surface area contributed by atoms with Crippen molar-refractivity contribution < 1.29 is 22.8 Å². The fraction of sp³-hybridized carbons (Fsp3) is 0.333. The van der Waals surface area contributed by atoms with Gasteiger partial charge in [-0.05, 0) is 12.1 Å². The van der Waals surface area contributed by atoms with Gasteiger partial charge in [-0.3, -0.25) is 14.3 Å². The van der Waals surface area contributed by atoms with Crippen molar-refractivity contribution in [3.05, 3.63) is 53.6 Å². The Kier molecular flexibility index (Phi) is 4.57. The predicted octanol–water partition coefficient (Wildman–Crippen LogP) is 1.92. The Morgan fingerprint density at radius 2 is 1.97 bits per heavy atom. The van der Waals surface area contributed by atoms with Crippen LogP contribution >= 0.6 is 0 Å². The average molecular weight is 444 g/mol. The molecule has 1 aliphatic heterocycles. The minimum Gasteiger partial charge on any atom is -0.384 e. The summed E-state index contributed by atoms with van der Waals surface area (Å²) in [6.45, 7) is 0.452. The van der Waals surface area contributed by atoms with Crippen molar-refractivity contribution in [3.63, 3.8) is 0 Å². The fourth-order valence-corrected chi connectivity index (χ4v) is 3.93. The summed E-state index contributed by atoms with van der Waals surface area (Å²) in [5.41, 5.74) is 6.81. The lowest BCUT2D eigenvalue weighted by Gasteiger charge is -2.38. The van der Waals surface area contributed by atoms with Crippen molar-refractivity contribution in [2.24, 2.45) is 0 Å². The lowest BCUT2D eigenvalue weighted by atomic mass is 9.93. The van der Waals surface area contributed by atoms with E-state index in [0.717, 1.165) is 11.6 Å². The van der Waals surface area contributed by atoms with Gasteiger partial charge in [0, 0.05) is 30.8 Å². The van der Waals surface area contributed by atoms with Gasteiger partial charge in [0.25, 0.3) is 11.8 Å². The lowest BCUT2D eigenvalue weighted by Crippen LogP contribution is -2.49. The Morgan fingerprint density at radius 1 is 1.25 bits per heavy atom. The van der Waals surface area contributed by atoms with Crippen LogP contribution < -0.4 is 11.1 Å². The van der Waals surface area contributed by atoms with Gasteiger partial charge >= 0.3 is 0 Å². The van der Waals surface area contributed by atoms with E-state index in [2.05, 4.69) is 15.4 Å². The van der Waals surface area contributed by atoms with Gasteiger partial charge in [0.05, 0.1) is 29.0 Å². The predicted molar refractivity (Wildman–Crippen MR) is 108 cm³/mol. The molecule has 1 atom stereocenters. The first-order chi connectivity index (χ1) is 15.2. The Labute approximate surface area is 180 Å². The van der Waals surface area contributed by atoms with Crippen molar-refractivity contribution >= 4 is 28.5 Å². The monoisotopic (exact) mass is 444 g/mol. The summed E-state index contributed by atoms with van der Waals surface area (Å²) >= 11 is 0. The molecule has 166 valence electrons. The first-order valence-corrected chi connectivity index (χ1v) is 10.1. The van der Waals surface area contributed by atoms with Gasteiger partial charge in [-0.2, -0.15) is 5.10 Å². The zero-order chi connectivity index (χ0) is 22.6. The van der Waals surface area contributed by atoms with Crippen LogP contribution in [0.15, 0.2) is 36.5 Å². The Hall–Kier alpha value is -3.63. The number of para-hydroxylation sites is 1. The van der Waals surface area contributed by atoms with E-state index in [0.29, 0.717) is 24.3 Å². The highest BCUT2D eigenvalue weighted by Crippen LogP contribution is 2.41. The molecule has 2 fully saturated rings. The largest absolute Gasteiger partial charge is 0.384 e. The molecule has 8 nitrogen and oxygen atoms in total. The number of nitrogens with two attached hydrogens (primary N) is 1. The van der Waals surface area contributed by atoms with Gasteiger partial charge < -0.3 is 16.0 Å². The second-order valence-electron chi connectivity index (χ2n) is 8.14. The molecule has 1 saturated carbocycles. The van der Waals surface area contributed by atoms with E-state index in [1.165, 1.54) is 15.6 Å². The molecule has 3 aromatic rings. The zero-order valence-corrected chi connectivity index (χ0v) is 16.8. The van der Waals surface area contributed by atoms with E-state index in [9.17, 15) is 22.8 Å². The molecule has 1 unspecified atom stereocenters. The molecular weight excluding hydrogens is 425 g/mol. The van der Waals surface area contributed by atoms with Crippen molar-refractivity contribution in [1.82, 2.24) is 25.0 Å². The summed E-state index contributed by atoms with van der Waals surface area (Å²) < 4.78 is 41.6. The van der Waals surface area contributed by atoms with E-state index in [1.54, 1.807) is 12.1 Å². The number of nitrogen functional groups attached to an aromatic ring is 1. The number of nitrogens with one attached hydrogen (secondary N) is 1. The molecular formula is C21H19F3N6O2. The van der Waals surface area contributed by atoms with Crippen LogP contribution in [0, 0.1) is 5.82 Å². The standard InChI is InChI=1S/C21H19F3N6O2/c22-14-7-26-17(25)5-13(14)20(32)29-8-11(9-29)19-12-3-1-2-4-15(12)30(28-19)10-18(31)27-16-6-21(16,23)24/h1-5,7,11,16H,6,8-10H2,(H2,25,26)(H,27,31). The minimum absolute atomic E-state index is 0.0544. The van der Waals surface area contributed by atoms with Gasteiger partial charge in [-0.25, -0.2) is 18.2 Å². The molecule has 2 aromatic heterocycles. The first-order valence-electron chi connectivity index (χ1n) is 10.1. The molecule has 5 rings (SSSR count). The summed E-state index contributed by atoms with van der Waals surface area (Å²) in [7, 11) is 0. The van der Waals surface area contributed by atoms with Gasteiger partial charge in [-0.15, -0.1) is 0 Å². The number of amides is 2. The smallest absolute Gasteiger partial charge is 0.270 e. The first kappa shape index (κ1) is 20.3. The number of alkyl halides is 2. The lowest BCUT2D eigenvalue weighted by molar-refractivity contribution is -0.122. The summed E-state index contributed by atoms with van der Waals surface area (Å²) in [5.74, 6) is -4.66. The SMILES string of the molecule is Nc1cc(C(=O)N2CC(c3nn(CC(=O)NC4CC4(F)F)c4ccccc34)C2)c(F)cn1. The van der Waals surface area contributed by atoms with Crippen LogP contribution in [0.2, 0.25) is 0 Å². The highest BCUT2D eigenvalue weighted by molar-refractivity contribution is 5.96. The average Bonchev–Trinajstić information content (AvgIpc) is 3.15. The van der Waals surface area contributed by atoms with Gasteiger partial charge in [0.15, 0.2) is 5.82 Å². The fourth-order valence-electron chi connectivity index (χ4n) is 3.93. The van der Waals surface area contributed by atoms with Crippen molar-refractivity contribution in [2.45, 2.75) is 30.8 Å². The summed E-state index contributed by atoms with van der Waals surface area (Å²) in [6, 6.07) is 7.36. The maximum Gasteiger partial charge on any atom is 0.270 e. The number of hydrogen-bond donors (Lipinski definition) is 2. The summed E-state index contributed by atoms with van der Waals surface area (Å²) in [5, 5.41) is 7.67. The highest BCUT2D eigenvalue weighted by Gasteiger charge is 2.57. The molecule has 0 spiro atoms. The Balaban J connectivity index is 1.32. The number of anilines is 1. The normalized spacial score (nSPS) is 19.6. The van der Waals surface area contributed by atoms with E-state index in [1.807, 2.05) is 12.1 Å². The van der Waals surface area contributed by atoms with E-state index in [4.69, 9.17) is 5.73 Å². The Bertz CT molecular complexity index is 1240. The number of hydrogen-bond acceptors (Lipinski definition) is 5. The molecule has 3 heterocycles. The quantitative estimate of drug-likeness (QED) is 0.626. The molecule has 3 N–H and O–H groups in total. The number of carbonyl (C=O) groups excluding carboxylic acids is 2. The maximum atomic E-state index is 14.0. The van der Waals surface area contributed by atoms with Crippen molar-refractivity contribution in [1.29, 1.82) is 0 Å². The molecule has 11 heteroatoms. The molecule has 1 aromatic carbocycles. The number of pyridine rings is 1. The highest BCUT2D eigenvalue weighted by atomic mass is 19.3. The van der Waals surface area contributed by atoms with Crippen molar-refractivity contribution in [3.8, 4) is 0 Å². The number of halogens is 3. The Morgan fingerprint density at radius 3 is 2.69 bits per heavy atom. The molecule has 2 amide bonds. The van der Waals surface area contributed by atoms with E-state index in [-0.39, 0.29) is 30.3 Å². The van der Waals surface area contributed by atoms with Crippen LogP contribution in [0.25, 0.3) is 10.9 Å².